The number of carbonyl (C=O) groups is 1. The van der Waals surface area contributed by atoms with Crippen molar-refractivity contribution in [1.82, 2.24) is 4.90 Å². The summed E-state index contributed by atoms with van der Waals surface area (Å²) >= 11 is 6.83. The highest BCUT2D eigenvalue weighted by Gasteiger charge is 2.26. The molecule has 5 heteroatoms. The zero-order valence-electron chi connectivity index (χ0n) is 18.6. The first kappa shape index (κ1) is 22.4. The summed E-state index contributed by atoms with van der Waals surface area (Å²) in [5, 5.41) is 12.0. The van der Waals surface area contributed by atoms with Gasteiger partial charge in [-0.25, -0.2) is 0 Å². The lowest BCUT2D eigenvalue weighted by atomic mass is 9.89. The predicted molar refractivity (Wildman–Crippen MR) is 126 cm³/mol. The molecule has 2 fully saturated rings. The fourth-order valence-corrected chi connectivity index (χ4v) is 5.50. The van der Waals surface area contributed by atoms with Crippen molar-refractivity contribution < 1.29 is 14.6 Å². The van der Waals surface area contributed by atoms with Crippen LogP contribution in [0.5, 0.6) is 5.75 Å². The standard InChI is InChI=1S/C26H34ClNO3/c1-17-5-10-22(11-6-17)31-24-12-9-20-7-8-21(15-23(20)26(24)27)18(2)28-13-3-4-19(16-28)14-25(29)30/h7-9,12,15,17-19,22H,3-6,10-11,13-14,16H2,1-2H3,(H,29,30)/t17?,18?,19-,22?/m1/s1. The normalized spacial score (nSPS) is 26.0. The van der Waals surface area contributed by atoms with Crippen LogP contribution in [0.1, 0.15) is 70.4 Å². The number of benzene rings is 2. The maximum Gasteiger partial charge on any atom is 0.303 e. The molecule has 1 aliphatic carbocycles. The number of piperidine rings is 1. The number of nitrogens with zero attached hydrogens (tertiary/aromatic N) is 1. The van der Waals surface area contributed by atoms with Crippen molar-refractivity contribution in [2.24, 2.45) is 11.8 Å². The Hall–Kier alpha value is -1.78. The lowest BCUT2D eigenvalue weighted by Gasteiger charge is -2.36. The molecule has 0 amide bonds. The molecule has 1 unspecified atom stereocenters. The summed E-state index contributed by atoms with van der Waals surface area (Å²) in [6.07, 6.45) is 7.19. The summed E-state index contributed by atoms with van der Waals surface area (Å²) < 4.78 is 6.31. The molecule has 4 nitrogen and oxygen atoms in total. The van der Waals surface area contributed by atoms with Crippen molar-refractivity contribution in [1.29, 1.82) is 0 Å². The summed E-state index contributed by atoms with van der Waals surface area (Å²) in [4.78, 5) is 13.6. The average Bonchev–Trinajstić information content (AvgIpc) is 2.76. The van der Waals surface area contributed by atoms with E-state index in [1.807, 2.05) is 6.07 Å². The van der Waals surface area contributed by atoms with E-state index in [0.717, 1.165) is 61.2 Å². The van der Waals surface area contributed by atoms with E-state index < -0.39 is 5.97 Å². The molecule has 0 aromatic heterocycles. The highest BCUT2D eigenvalue weighted by Crippen LogP contribution is 2.38. The fraction of sp³-hybridized carbons (Fsp3) is 0.577. The number of carboxylic acids is 1. The Morgan fingerprint density at radius 2 is 1.94 bits per heavy atom. The van der Waals surface area contributed by atoms with Gasteiger partial charge in [-0.1, -0.05) is 36.7 Å². The van der Waals surface area contributed by atoms with Crippen molar-refractivity contribution in [3.63, 3.8) is 0 Å². The molecule has 2 aliphatic rings. The largest absolute Gasteiger partial charge is 0.489 e. The van der Waals surface area contributed by atoms with Crippen molar-refractivity contribution in [2.45, 2.75) is 70.9 Å². The lowest BCUT2D eigenvalue weighted by Crippen LogP contribution is -2.37. The van der Waals surface area contributed by atoms with Gasteiger partial charge in [0.25, 0.3) is 0 Å². The first-order chi connectivity index (χ1) is 14.9. The smallest absolute Gasteiger partial charge is 0.303 e. The molecule has 0 bridgehead atoms. The molecule has 1 saturated heterocycles. The number of carboxylic acid groups (broad SMARTS) is 1. The first-order valence-corrected chi connectivity index (χ1v) is 12.1. The van der Waals surface area contributed by atoms with Crippen molar-refractivity contribution >= 4 is 28.3 Å². The van der Waals surface area contributed by atoms with Gasteiger partial charge in [-0.3, -0.25) is 9.69 Å². The maximum atomic E-state index is 11.1. The Labute approximate surface area is 190 Å². The zero-order valence-corrected chi connectivity index (χ0v) is 19.4. The summed E-state index contributed by atoms with van der Waals surface area (Å²) in [6.45, 7) is 6.37. The van der Waals surface area contributed by atoms with Crippen LogP contribution >= 0.6 is 11.6 Å². The van der Waals surface area contributed by atoms with Crippen LogP contribution in [0.2, 0.25) is 5.02 Å². The zero-order chi connectivity index (χ0) is 22.0. The van der Waals surface area contributed by atoms with Gasteiger partial charge in [0.1, 0.15) is 5.75 Å². The molecule has 0 spiro atoms. The quantitative estimate of drug-likeness (QED) is 0.539. The molecule has 168 valence electrons. The Kier molecular flexibility index (Phi) is 7.08. The van der Waals surface area contributed by atoms with Gasteiger partial charge in [0, 0.05) is 24.4 Å². The van der Waals surface area contributed by atoms with Crippen LogP contribution in [0.4, 0.5) is 0 Å². The van der Waals surface area contributed by atoms with Crippen molar-refractivity contribution in [2.75, 3.05) is 13.1 Å². The van der Waals surface area contributed by atoms with E-state index in [4.69, 9.17) is 21.4 Å². The van der Waals surface area contributed by atoms with Gasteiger partial charge >= 0.3 is 5.97 Å². The third-order valence-corrected chi connectivity index (χ3v) is 7.63. The van der Waals surface area contributed by atoms with Gasteiger partial charge in [0.15, 0.2) is 0 Å². The summed E-state index contributed by atoms with van der Waals surface area (Å²) in [6, 6.07) is 10.8. The molecular weight excluding hydrogens is 410 g/mol. The van der Waals surface area contributed by atoms with Crippen LogP contribution < -0.4 is 4.74 Å². The van der Waals surface area contributed by atoms with Crippen LogP contribution in [0.15, 0.2) is 30.3 Å². The van der Waals surface area contributed by atoms with E-state index in [9.17, 15) is 4.79 Å². The molecule has 2 aromatic carbocycles. The van der Waals surface area contributed by atoms with Crippen LogP contribution in [0.3, 0.4) is 0 Å². The van der Waals surface area contributed by atoms with Crippen LogP contribution in [-0.2, 0) is 4.79 Å². The van der Waals surface area contributed by atoms with Gasteiger partial charge in [-0.2, -0.15) is 0 Å². The van der Waals surface area contributed by atoms with Crippen LogP contribution in [0, 0.1) is 11.8 Å². The Morgan fingerprint density at radius 1 is 1.19 bits per heavy atom. The minimum absolute atomic E-state index is 0.224. The lowest BCUT2D eigenvalue weighted by molar-refractivity contribution is -0.138. The van der Waals surface area contributed by atoms with Gasteiger partial charge in [-0.15, -0.1) is 0 Å². The number of halogens is 1. The van der Waals surface area contributed by atoms with Crippen LogP contribution in [0.25, 0.3) is 10.8 Å². The summed E-state index contributed by atoms with van der Waals surface area (Å²) in [5.41, 5.74) is 1.22. The molecule has 0 radical (unpaired) electrons. The van der Waals surface area contributed by atoms with E-state index in [0.29, 0.717) is 5.02 Å². The third kappa shape index (κ3) is 5.35. The van der Waals surface area contributed by atoms with E-state index >= 15 is 0 Å². The molecule has 1 N–H and O–H groups in total. The molecule has 1 heterocycles. The van der Waals surface area contributed by atoms with Crippen molar-refractivity contribution in [3.8, 4) is 5.75 Å². The van der Waals surface area contributed by atoms with E-state index in [1.54, 1.807) is 0 Å². The van der Waals surface area contributed by atoms with Crippen molar-refractivity contribution in [3.05, 3.63) is 40.9 Å². The fourth-order valence-electron chi connectivity index (χ4n) is 5.23. The topological polar surface area (TPSA) is 49.8 Å². The minimum atomic E-state index is -0.697. The average molecular weight is 444 g/mol. The number of hydrogen-bond acceptors (Lipinski definition) is 3. The van der Waals surface area contributed by atoms with Gasteiger partial charge in [0.2, 0.25) is 0 Å². The van der Waals surface area contributed by atoms with Gasteiger partial charge in [-0.05, 0) is 86.9 Å². The van der Waals surface area contributed by atoms with E-state index in [1.165, 1.54) is 18.4 Å². The minimum Gasteiger partial charge on any atom is -0.489 e. The molecule has 31 heavy (non-hydrogen) atoms. The third-order valence-electron chi connectivity index (χ3n) is 7.24. The Bertz CT molecular complexity index is 922. The SMILES string of the molecule is CC1CCC(Oc2ccc3ccc(C(C)N4CCC[C@H](CC(=O)O)C4)cc3c2Cl)CC1. The highest BCUT2D eigenvalue weighted by molar-refractivity contribution is 6.37. The maximum absolute atomic E-state index is 11.1. The van der Waals surface area contributed by atoms with E-state index in [-0.39, 0.29) is 24.5 Å². The predicted octanol–water partition coefficient (Wildman–Crippen LogP) is 6.70. The first-order valence-electron chi connectivity index (χ1n) is 11.8. The number of hydrogen-bond donors (Lipinski definition) is 1. The molecule has 1 saturated carbocycles. The number of ether oxygens (including phenoxy) is 1. The Morgan fingerprint density at radius 3 is 2.68 bits per heavy atom. The molecular formula is C26H34ClNO3. The molecule has 4 rings (SSSR count). The van der Waals surface area contributed by atoms with E-state index in [2.05, 4.69) is 43.0 Å². The monoisotopic (exact) mass is 443 g/mol. The summed E-state index contributed by atoms with van der Waals surface area (Å²) in [7, 11) is 0. The number of aliphatic carboxylic acids is 1. The molecule has 2 aromatic rings. The highest BCUT2D eigenvalue weighted by atomic mass is 35.5. The number of likely N-dealkylation sites (tertiary alicyclic amines) is 1. The second-order valence-corrected chi connectivity index (χ2v) is 10.0. The van der Waals surface area contributed by atoms with Gasteiger partial charge < -0.3 is 9.84 Å². The Balaban J connectivity index is 1.52. The number of rotatable bonds is 6. The van der Waals surface area contributed by atoms with Gasteiger partial charge in [0.05, 0.1) is 11.1 Å². The molecule has 2 atom stereocenters. The second kappa shape index (κ2) is 9.79. The number of fused-ring (bicyclic) bond motifs is 1. The summed E-state index contributed by atoms with van der Waals surface area (Å²) in [5.74, 6) is 1.12. The molecule has 1 aliphatic heterocycles. The second-order valence-electron chi connectivity index (χ2n) is 9.64. The van der Waals surface area contributed by atoms with Crippen LogP contribution in [-0.4, -0.2) is 35.2 Å².